The quantitative estimate of drug-likeness (QED) is 0.740. The molecule has 1 aromatic rings. The van der Waals surface area contributed by atoms with E-state index in [0.717, 1.165) is 25.2 Å². The molecule has 1 aliphatic rings. The van der Waals surface area contributed by atoms with Crippen molar-refractivity contribution >= 4 is 15.9 Å². The molecule has 2 rings (SSSR count). The van der Waals surface area contributed by atoms with E-state index in [1.165, 1.54) is 8.99 Å². The second-order valence-corrected chi connectivity index (χ2v) is 7.47. The molecule has 0 aromatic carbocycles. The molecule has 0 saturated carbocycles. The first-order chi connectivity index (χ1) is 10.9. The lowest BCUT2D eigenvalue weighted by Crippen LogP contribution is -2.42. The van der Waals surface area contributed by atoms with Gasteiger partial charge in [-0.15, -0.1) is 0 Å². The van der Waals surface area contributed by atoms with Crippen molar-refractivity contribution in [2.75, 3.05) is 37.6 Å². The van der Waals surface area contributed by atoms with Gasteiger partial charge in [0.25, 0.3) is 15.8 Å². The molecule has 9 heteroatoms. The van der Waals surface area contributed by atoms with E-state index in [4.69, 9.17) is 0 Å². The van der Waals surface area contributed by atoms with Gasteiger partial charge in [0, 0.05) is 45.8 Å². The molecule has 8 nitrogen and oxygen atoms in total. The molecule has 1 N–H and O–H groups in total. The van der Waals surface area contributed by atoms with Crippen LogP contribution in [0, 0.1) is 5.92 Å². The number of hydrogen-bond acceptors (Lipinski definition) is 5. The Balaban J connectivity index is 1.93. The van der Waals surface area contributed by atoms with Crippen LogP contribution < -0.4 is 15.2 Å². The molecule has 1 saturated heterocycles. The van der Waals surface area contributed by atoms with E-state index in [0.29, 0.717) is 19.6 Å². The number of anilines is 1. The molecule has 1 atom stereocenters. The number of aromatic nitrogens is 2. The summed E-state index contributed by atoms with van der Waals surface area (Å²) in [6.07, 6.45) is 2.56. The maximum absolute atomic E-state index is 12.1. The van der Waals surface area contributed by atoms with Gasteiger partial charge in [-0.05, 0) is 12.3 Å². The lowest BCUT2D eigenvalue weighted by atomic mass is 10.1. The fourth-order valence-electron chi connectivity index (χ4n) is 2.74. The summed E-state index contributed by atoms with van der Waals surface area (Å²) >= 11 is 0. The first-order valence-corrected chi connectivity index (χ1v) is 9.34. The molecule has 1 aromatic heterocycles. The molecule has 0 bridgehead atoms. The van der Waals surface area contributed by atoms with Crippen molar-refractivity contribution in [1.82, 2.24) is 18.8 Å². The SMILES string of the molecule is CCN(CC)S(=O)(=O)NC[C@@H]1CCN(c2cnn(C)c(=O)c2)C1. The summed E-state index contributed by atoms with van der Waals surface area (Å²) in [7, 11) is -1.79. The zero-order chi connectivity index (χ0) is 17.0. The van der Waals surface area contributed by atoms with E-state index in [-0.39, 0.29) is 11.5 Å². The molecule has 23 heavy (non-hydrogen) atoms. The second kappa shape index (κ2) is 7.41. The predicted molar refractivity (Wildman–Crippen MR) is 89.6 cm³/mol. The Bertz CT molecular complexity index is 684. The van der Waals surface area contributed by atoms with Crippen molar-refractivity contribution in [3.63, 3.8) is 0 Å². The van der Waals surface area contributed by atoms with Crippen LogP contribution >= 0.6 is 0 Å². The molecular formula is C14H25N5O3S. The van der Waals surface area contributed by atoms with Gasteiger partial charge < -0.3 is 4.90 Å². The van der Waals surface area contributed by atoms with E-state index in [9.17, 15) is 13.2 Å². The van der Waals surface area contributed by atoms with E-state index in [1.807, 2.05) is 13.8 Å². The van der Waals surface area contributed by atoms with E-state index in [1.54, 1.807) is 19.3 Å². The van der Waals surface area contributed by atoms with Crippen LogP contribution in [0.25, 0.3) is 0 Å². The molecule has 1 fully saturated rings. The number of hydrogen-bond donors (Lipinski definition) is 1. The number of nitrogens with one attached hydrogen (secondary N) is 1. The van der Waals surface area contributed by atoms with Gasteiger partial charge in [-0.2, -0.15) is 17.8 Å². The van der Waals surface area contributed by atoms with Crippen LogP contribution in [0.4, 0.5) is 5.69 Å². The Morgan fingerprint density at radius 3 is 2.70 bits per heavy atom. The average molecular weight is 343 g/mol. The molecule has 0 unspecified atom stereocenters. The van der Waals surface area contributed by atoms with Gasteiger partial charge in [0.05, 0.1) is 11.9 Å². The van der Waals surface area contributed by atoms with Crippen molar-refractivity contribution in [3.05, 3.63) is 22.6 Å². The summed E-state index contributed by atoms with van der Waals surface area (Å²) in [5.74, 6) is 0.226. The van der Waals surface area contributed by atoms with E-state index < -0.39 is 10.2 Å². The van der Waals surface area contributed by atoms with Gasteiger partial charge in [-0.1, -0.05) is 13.8 Å². The summed E-state index contributed by atoms with van der Waals surface area (Å²) in [6, 6.07) is 1.56. The third kappa shape index (κ3) is 4.30. The minimum atomic E-state index is -3.41. The Labute approximate surface area is 137 Å². The highest BCUT2D eigenvalue weighted by molar-refractivity contribution is 7.87. The smallest absolute Gasteiger partial charge is 0.279 e. The fourth-order valence-corrected chi connectivity index (χ4v) is 4.05. The summed E-state index contributed by atoms with van der Waals surface area (Å²) in [4.78, 5) is 13.7. The summed E-state index contributed by atoms with van der Waals surface area (Å²) < 4.78 is 29.6. The highest BCUT2D eigenvalue weighted by Gasteiger charge is 2.26. The maximum Gasteiger partial charge on any atom is 0.279 e. The minimum absolute atomic E-state index is 0.145. The van der Waals surface area contributed by atoms with Gasteiger partial charge in [0.2, 0.25) is 0 Å². The molecule has 0 radical (unpaired) electrons. The minimum Gasteiger partial charge on any atom is -0.370 e. The van der Waals surface area contributed by atoms with Crippen molar-refractivity contribution in [1.29, 1.82) is 0 Å². The Kier molecular flexibility index (Phi) is 5.77. The molecule has 0 aliphatic carbocycles. The molecule has 1 aliphatic heterocycles. The van der Waals surface area contributed by atoms with Crippen LogP contribution in [0.2, 0.25) is 0 Å². The van der Waals surface area contributed by atoms with Crippen LogP contribution in [0.5, 0.6) is 0 Å². The zero-order valence-corrected chi connectivity index (χ0v) is 14.7. The fraction of sp³-hybridized carbons (Fsp3) is 0.714. The van der Waals surface area contributed by atoms with E-state index in [2.05, 4.69) is 14.7 Å². The van der Waals surface area contributed by atoms with Gasteiger partial charge in [0.1, 0.15) is 0 Å². The third-order valence-corrected chi connectivity index (χ3v) is 5.93. The normalized spacial score (nSPS) is 18.8. The van der Waals surface area contributed by atoms with Gasteiger partial charge in [0.15, 0.2) is 0 Å². The number of nitrogens with zero attached hydrogens (tertiary/aromatic N) is 4. The Morgan fingerprint density at radius 2 is 2.09 bits per heavy atom. The van der Waals surface area contributed by atoms with Crippen molar-refractivity contribution in [3.8, 4) is 0 Å². The van der Waals surface area contributed by atoms with Crippen LogP contribution in [0.15, 0.2) is 17.1 Å². The van der Waals surface area contributed by atoms with Gasteiger partial charge in [-0.3, -0.25) is 4.79 Å². The number of rotatable bonds is 7. The van der Waals surface area contributed by atoms with E-state index >= 15 is 0 Å². The van der Waals surface area contributed by atoms with Crippen LogP contribution in [-0.2, 0) is 17.3 Å². The molecule has 130 valence electrons. The topological polar surface area (TPSA) is 87.5 Å². The Morgan fingerprint density at radius 1 is 1.39 bits per heavy atom. The second-order valence-electron chi connectivity index (χ2n) is 5.71. The maximum atomic E-state index is 12.1. The summed E-state index contributed by atoms with van der Waals surface area (Å²) in [5.41, 5.74) is 0.649. The van der Waals surface area contributed by atoms with Crippen molar-refractivity contribution in [2.45, 2.75) is 20.3 Å². The van der Waals surface area contributed by atoms with Crippen molar-refractivity contribution in [2.24, 2.45) is 13.0 Å². The van der Waals surface area contributed by atoms with Crippen LogP contribution in [-0.4, -0.2) is 55.2 Å². The average Bonchev–Trinajstić information content (AvgIpc) is 2.98. The van der Waals surface area contributed by atoms with Gasteiger partial charge >= 0.3 is 0 Å². The molecule has 0 amide bonds. The summed E-state index contributed by atoms with van der Waals surface area (Å²) in [5, 5.41) is 4.02. The molecule has 0 spiro atoms. The van der Waals surface area contributed by atoms with Gasteiger partial charge in [-0.25, -0.2) is 9.40 Å². The lowest BCUT2D eigenvalue weighted by Gasteiger charge is -2.21. The number of aryl methyl sites for hydroxylation is 1. The third-order valence-electron chi connectivity index (χ3n) is 4.20. The molecule has 2 heterocycles. The van der Waals surface area contributed by atoms with Crippen molar-refractivity contribution < 1.29 is 8.42 Å². The first kappa shape index (κ1) is 17.9. The summed E-state index contributed by atoms with van der Waals surface area (Å²) in [6.45, 7) is 6.49. The largest absolute Gasteiger partial charge is 0.370 e. The highest BCUT2D eigenvalue weighted by atomic mass is 32.2. The predicted octanol–water partition coefficient (Wildman–Crippen LogP) is -0.217. The Hall–Kier alpha value is -1.45. The van der Waals surface area contributed by atoms with Crippen LogP contribution in [0.1, 0.15) is 20.3 Å². The highest BCUT2D eigenvalue weighted by Crippen LogP contribution is 2.21. The monoisotopic (exact) mass is 343 g/mol. The standard InChI is InChI=1S/C14H25N5O3S/c1-4-19(5-2)23(21,22)16-9-12-6-7-18(11-12)13-8-14(20)17(3)15-10-13/h8,10,12,16H,4-7,9,11H2,1-3H3/t12-/m0/s1. The first-order valence-electron chi connectivity index (χ1n) is 7.90. The zero-order valence-electron chi connectivity index (χ0n) is 13.9. The lowest BCUT2D eigenvalue weighted by molar-refractivity contribution is 0.428. The molecular weight excluding hydrogens is 318 g/mol. The van der Waals surface area contributed by atoms with Crippen LogP contribution in [0.3, 0.4) is 0 Å².